The van der Waals surface area contributed by atoms with Crippen molar-refractivity contribution >= 4 is 0 Å². The molecule has 0 spiro atoms. The molecule has 1 heteroatoms. The third kappa shape index (κ3) is 1290. The molecule has 1 N–H and O–H groups in total. The van der Waals surface area contributed by atoms with Gasteiger partial charge in [0.05, 0.1) is 0 Å². The van der Waals surface area contributed by atoms with Crippen molar-refractivity contribution in [1.29, 1.82) is 0 Å². The van der Waals surface area contributed by atoms with Crippen molar-refractivity contribution in [2.24, 2.45) is 0 Å². The molecular weight excluding hydrogens is 158 g/mol. The van der Waals surface area contributed by atoms with Crippen LogP contribution >= 0.6 is 0 Å². The molecule has 0 aromatic carbocycles. The first-order valence-electron chi connectivity index (χ1n) is 5.97. The zero-order valence-corrected chi connectivity index (χ0v) is 11.9. The Morgan fingerprint density at radius 1 is 0.692 bits per heavy atom. The van der Waals surface area contributed by atoms with Crippen LogP contribution in [0.2, 0.25) is 0 Å². The van der Waals surface area contributed by atoms with E-state index in [4.69, 9.17) is 0 Å². The zero-order chi connectivity index (χ0) is 12.1. The van der Waals surface area contributed by atoms with Crippen LogP contribution in [0.5, 0.6) is 0 Å². The van der Waals surface area contributed by atoms with Gasteiger partial charge in [0.1, 0.15) is 0 Å². The van der Waals surface area contributed by atoms with Gasteiger partial charge in [0, 0.05) is 0 Å². The predicted octanol–water partition coefficient (Wildman–Crippen LogP) is 4.72. The average molecular weight is 193 g/mol. The first-order chi connectivity index (χ1) is 6.33. The van der Waals surface area contributed by atoms with Crippen molar-refractivity contribution in [3.8, 4) is 0 Å². The smallest absolute Gasteiger partial charge is 0.00804 e. The van der Waals surface area contributed by atoms with Gasteiger partial charge in [-0.1, -0.05) is 68.7 Å². The van der Waals surface area contributed by atoms with E-state index in [1.54, 1.807) is 0 Å². The number of hydrogen-bond acceptors (Lipinski definition) is 1. The molecular formula is C12H35N. The Bertz CT molecular complexity index is 12.6. The fourth-order valence-corrected chi connectivity index (χ4v) is 0. The van der Waals surface area contributed by atoms with Crippen LogP contribution < -0.4 is 5.32 Å². The van der Waals surface area contributed by atoms with Crippen molar-refractivity contribution in [2.75, 3.05) is 13.6 Å². The standard InChI is InChI=1S/C3H9N.C3H8.3C2H6/c1-3-4-2;1-3-2;3*1-2/h4H,3H2,1-2H3;3H2,1-2H3;3*1-2H3. The van der Waals surface area contributed by atoms with Gasteiger partial charge in [-0.05, 0) is 13.6 Å². The van der Waals surface area contributed by atoms with Crippen molar-refractivity contribution in [3.05, 3.63) is 0 Å². The summed E-state index contributed by atoms with van der Waals surface area (Å²) in [6, 6.07) is 0. The minimum absolute atomic E-state index is 1.07. The van der Waals surface area contributed by atoms with Crippen LogP contribution in [0, 0.1) is 0 Å². The van der Waals surface area contributed by atoms with E-state index >= 15 is 0 Å². The van der Waals surface area contributed by atoms with E-state index in [-0.39, 0.29) is 0 Å². The minimum Gasteiger partial charge on any atom is -0.320 e. The Morgan fingerprint density at radius 2 is 0.769 bits per heavy atom. The Morgan fingerprint density at radius 3 is 0.769 bits per heavy atom. The number of nitrogens with one attached hydrogen (secondary N) is 1. The maximum absolute atomic E-state index is 2.93. The molecule has 0 heterocycles. The highest BCUT2D eigenvalue weighted by Crippen LogP contribution is 1.56. The SMILES string of the molecule is CC.CC.CC.CCC.CCNC. The highest BCUT2D eigenvalue weighted by molar-refractivity contribution is 4.15. The van der Waals surface area contributed by atoms with Crippen LogP contribution in [-0.4, -0.2) is 13.6 Å². The maximum Gasteiger partial charge on any atom is -0.00804 e. The molecule has 0 aromatic rings. The monoisotopic (exact) mass is 193 g/mol. The molecule has 0 saturated carbocycles. The van der Waals surface area contributed by atoms with E-state index in [2.05, 4.69) is 26.1 Å². The topological polar surface area (TPSA) is 12.0 Å². The summed E-state index contributed by atoms with van der Waals surface area (Å²) in [4.78, 5) is 0. The van der Waals surface area contributed by atoms with Crippen LogP contribution in [0.1, 0.15) is 68.7 Å². The van der Waals surface area contributed by atoms with Gasteiger partial charge in [-0.25, -0.2) is 0 Å². The van der Waals surface area contributed by atoms with Gasteiger partial charge in [0.15, 0.2) is 0 Å². The molecule has 0 unspecified atom stereocenters. The second-order valence-corrected chi connectivity index (χ2v) is 1.41. The van der Waals surface area contributed by atoms with E-state index in [0.29, 0.717) is 0 Å². The molecule has 0 saturated heterocycles. The lowest BCUT2D eigenvalue weighted by molar-refractivity contribution is 0.864. The highest BCUT2D eigenvalue weighted by Gasteiger charge is 1.50. The molecule has 0 aliphatic rings. The predicted molar refractivity (Wildman–Crippen MR) is 69.6 cm³/mol. The van der Waals surface area contributed by atoms with E-state index < -0.39 is 0 Å². The fraction of sp³-hybridized carbons (Fsp3) is 1.00. The Hall–Kier alpha value is -0.0400. The van der Waals surface area contributed by atoms with Gasteiger partial charge in [0.2, 0.25) is 0 Å². The van der Waals surface area contributed by atoms with Crippen molar-refractivity contribution < 1.29 is 0 Å². The molecule has 1 nitrogen and oxygen atoms in total. The normalized spacial score (nSPS) is 5.08. The van der Waals surface area contributed by atoms with E-state index in [9.17, 15) is 0 Å². The highest BCUT2D eigenvalue weighted by atomic mass is 14.8. The van der Waals surface area contributed by atoms with E-state index in [1.165, 1.54) is 6.42 Å². The summed E-state index contributed by atoms with van der Waals surface area (Å²) in [5, 5.41) is 2.93. The Kier molecular flexibility index (Phi) is 369. The first-order valence-corrected chi connectivity index (χ1v) is 5.97. The molecule has 0 aliphatic carbocycles. The largest absolute Gasteiger partial charge is 0.320 e. The molecule has 0 aromatic heterocycles. The van der Waals surface area contributed by atoms with Gasteiger partial charge >= 0.3 is 0 Å². The van der Waals surface area contributed by atoms with Crippen LogP contribution in [0.3, 0.4) is 0 Å². The third-order valence-corrected chi connectivity index (χ3v) is 0.354. The molecule has 0 atom stereocenters. The van der Waals surface area contributed by atoms with Crippen molar-refractivity contribution in [3.63, 3.8) is 0 Å². The summed E-state index contributed by atoms with van der Waals surface area (Å²) in [7, 11) is 1.93. The maximum atomic E-state index is 2.93. The lowest BCUT2D eigenvalue weighted by Gasteiger charge is -1.76. The van der Waals surface area contributed by atoms with Crippen molar-refractivity contribution in [1.82, 2.24) is 5.32 Å². The number of rotatable bonds is 1. The molecule has 0 bridgehead atoms. The summed E-state index contributed by atoms with van der Waals surface area (Å²) >= 11 is 0. The summed E-state index contributed by atoms with van der Waals surface area (Å²) in [5.74, 6) is 0. The summed E-state index contributed by atoms with van der Waals surface area (Å²) < 4.78 is 0. The van der Waals surface area contributed by atoms with Crippen LogP contribution in [-0.2, 0) is 0 Å². The van der Waals surface area contributed by atoms with Crippen LogP contribution in [0.4, 0.5) is 0 Å². The van der Waals surface area contributed by atoms with Crippen molar-refractivity contribution in [2.45, 2.75) is 68.7 Å². The second kappa shape index (κ2) is 164. The zero-order valence-electron chi connectivity index (χ0n) is 11.9. The fourth-order valence-electron chi connectivity index (χ4n) is 0. The van der Waals surface area contributed by atoms with Gasteiger partial charge in [-0.2, -0.15) is 0 Å². The molecule has 0 fully saturated rings. The summed E-state index contributed by atoms with van der Waals surface area (Å²) in [6.45, 7) is 19.4. The van der Waals surface area contributed by atoms with Gasteiger partial charge < -0.3 is 5.32 Å². The second-order valence-electron chi connectivity index (χ2n) is 1.41. The van der Waals surface area contributed by atoms with Crippen LogP contribution in [0.25, 0.3) is 0 Å². The van der Waals surface area contributed by atoms with E-state index in [1.807, 2.05) is 48.6 Å². The van der Waals surface area contributed by atoms with Gasteiger partial charge in [-0.3, -0.25) is 0 Å². The lowest BCUT2D eigenvalue weighted by atomic mass is 10.6. The van der Waals surface area contributed by atoms with E-state index in [0.717, 1.165) is 6.54 Å². The quantitative estimate of drug-likeness (QED) is 0.635. The first kappa shape index (κ1) is 29.3. The summed E-state index contributed by atoms with van der Waals surface area (Å²) in [5.41, 5.74) is 0. The summed E-state index contributed by atoms with van der Waals surface area (Å²) in [6.07, 6.45) is 1.25. The Labute approximate surface area is 88.3 Å². The molecule has 13 heavy (non-hydrogen) atoms. The Balaban J connectivity index is -0.0000000215. The molecule has 88 valence electrons. The van der Waals surface area contributed by atoms with Gasteiger partial charge in [-0.15, -0.1) is 0 Å². The lowest BCUT2D eigenvalue weighted by Crippen LogP contribution is -2.01. The minimum atomic E-state index is 1.07. The molecule has 0 aliphatic heterocycles. The average Bonchev–Trinajstić information content (AvgIpc) is 2.27. The molecule has 0 rings (SSSR count). The van der Waals surface area contributed by atoms with Crippen LogP contribution in [0.15, 0.2) is 0 Å². The van der Waals surface area contributed by atoms with Gasteiger partial charge in [0.25, 0.3) is 0 Å². The number of hydrogen-bond donors (Lipinski definition) is 1. The molecule has 0 amide bonds. The third-order valence-electron chi connectivity index (χ3n) is 0.354. The molecule has 0 radical (unpaired) electrons.